The average Bonchev–Trinajstić information content (AvgIpc) is 3.45. The second-order valence-electron chi connectivity index (χ2n) is 7.62. The molecule has 1 saturated carbocycles. The summed E-state index contributed by atoms with van der Waals surface area (Å²) in [6, 6.07) is 9.07. The van der Waals surface area contributed by atoms with Gasteiger partial charge in [-0.25, -0.2) is 8.42 Å². The Kier molecular flexibility index (Phi) is 6.03. The van der Waals surface area contributed by atoms with Gasteiger partial charge in [-0.2, -0.15) is 4.31 Å². The Hall–Kier alpha value is -1.77. The predicted molar refractivity (Wildman–Crippen MR) is 114 cm³/mol. The molecule has 1 saturated heterocycles. The van der Waals surface area contributed by atoms with E-state index in [0.29, 0.717) is 18.3 Å². The molecule has 1 aliphatic heterocycles. The third-order valence-corrected chi connectivity index (χ3v) is 8.93. The Morgan fingerprint density at radius 3 is 2.55 bits per heavy atom. The molecule has 0 spiro atoms. The Labute approximate surface area is 176 Å². The second-order valence-corrected chi connectivity index (χ2v) is 10.9. The first-order valence-corrected chi connectivity index (χ1v) is 12.4. The lowest BCUT2D eigenvalue weighted by atomic mass is 10.3. The number of benzene rings is 1. The highest BCUT2D eigenvalue weighted by atomic mass is 32.2. The van der Waals surface area contributed by atoms with Crippen LogP contribution in [0.4, 0.5) is 5.69 Å². The van der Waals surface area contributed by atoms with Crippen molar-refractivity contribution in [2.45, 2.75) is 60.5 Å². The molecule has 0 bridgehead atoms. The zero-order valence-electron chi connectivity index (χ0n) is 16.5. The Morgan fingerprint density at radius 1 is 1.14 bits per heavy atom. The molecule has 6 nitrogen and oxygen atoms in total. The van der Waals surface area contributed by atoms with Gasteiger partial charge in [-0.1, -0.05) is 25.0 Å². The minimum atomic E-state index is -3.62. The first-order valence-electron chi connectivity index (χ1n) is 10.1. The Morgan fingerprint density at radius 2 is 1.83 bits per heavy atom. The molecule has 1 aromatic heterocycles. The zero-order valence-corrected chi connectivity index (χ0v) is 18.2. The molecule has 0 radical (unpaired) electrons. The molecular weight excluding hydrogens is 408 g/mol. The number of anilines is 1. The van der Waals surface area contributed by atoms with E-state index in [1.54, 1.807) is 18.7 Å². The van der Waals surface area contributed by atoms with Crippen LogP contribution in [0.1, 0.15) is 54.8 Å². The molecule has 2 aliphatic rings. The number of furan rings is 1. The number of rotatable bonds is 6. The van der Waals surface area contributed by atoms with Crippen LogP contribution in [-0.2, 0) is 10.0 Å². The Bertz CT molecular complexity index is 988. The standard InChI is InChI=1S/C21H26N2O4S2/c1-15-20(29(25,26)23-12-6-7-13-23)14-18(27-15)21(24)22-17-10-4-5-11-19(17)28-16-8-2-3-9-16/h4-5,10-11,14,16H,2-3,6-9,12-13H2,1H3,(H,22,24). The average molecular weight is 435 g/mol. The van der Waals surface area contributed by atoms with Gasteiger partial charge in [-0.3, -0.25) is 4.79 Å². The number of para-hydroxylation sites is 1. The summed E-state index contributed by atoms with van der Waals surface area (Å²) < 4.78 is 32.7. The van der Waals surface area contributed by atoms with Crippen LogP contribution >= 0.6 is 11.8 Å². The van der Waals surface area contributed by atoms with Crippen LogP contribution in [0.3, 0.4) is 0 Å². The lowest BCUT2D eigenvalue weighted by molar-refractivity contribution is 0.0995. The molecule has 1 amide bonds. The maximum Gasteiger partial charge on any atom is 0.291 e. The summed E-state index contributed by atoms with van der Waals surface area (Å²) in [6.45, 7) is 2.62. The summed E-state index contributed by atoms with van der Waals surface area (Å²) in [4.78, 5) is 13.9. The van der Waals surface area contributed by atoms with Crippen LogP contribution < -0.4 is 5.32 Å². The van der Waals surface area contributed by atoms with Gasteiger partial charge in [0.25, 0.3) is 5.91 Å². The van der Waals surface area contributed by atoms with Crippen LogP contribution in [-0.4, -0.2) is 37.0 Å². The first kappa shape index (κ1) is 20.5. The van der Waals surface area contributed by atoms with Gasteiger partial charge in [0.05, 0.1) is 5.69 Å². The minimum Gasteiger partial charge on any atom is -0.455 e. The van der Waals surface area contributed by atoms with Gasteiger partial charge in [0, 0.05) is 29.3 Å². The summed E-state index contributed by atoms with van der Waals surface area (Å²) in [6.07, 6.45) is 6.63. The number of nitrogens with zero attached hydrogens (tertiary/aromatic N) is 1. The van der Waals surface area contributed by atoms with Crippen LogP contribution in [0.5, 0.6) is 0 Å². The topological polar surface area (TPSA) is 79.6 Å². The van der Waals surface area contributed by atoms with Gasteiger partial charge >= 0.3 is 0 Å². The van der Waals surface area contributed by atoms with Crippen molar-refractivity contribution in [3.8, 4) is 0 Å². The fraction of sp³-hybridized carbons (Fsp3) is 0.476. The number of amides is 1. The molecule has 0 atom stereocenters. The summed E-state index contributed by atoms with van der Waals surface area (Å²) >= 11 is 1.80. The van der Waals surface area contributed by atoms with Gasteiger partial charge in [-0.15, -0.1) is 11.8 Å². The van der Waals surface area contributed by atoms with Crippen molar-refractivity contribution >= 4 is 33.4 Å². The van der Waals surface area contributed by atoms with E-state index >= 15 is 0 Å². The molecule has 1 aromatic carbocycles. The molecule has 4 rings (SSSR count). The van der Waals surface area contributed by atoms with Crippen LogP contribution in [0.25, 0.3) is 0 Å². The van der Waals surface area contributed by atoms with Crippen LogP contribution in [0, 0.1) is 6.92 Å². The number of carbonyl (C=O) groups is 1. The van der Waals surface area contributed by atoms with E-state index in [-0.39, 0.29) is 16.4 Å². The number of thioether (sulfide) groups is 1. The quantitative estimate of drug-likeness (QED) is 0.715. The molecule has 2 aromatic rings. The van der Waals surface area contributed by atoms with Crippen molar-refractivity contribution in [2.75, 3.05) is 18.4 Å². The van der Waals surface area contributed by atoms with Gasteiger partial charge in [0.1, 0.15) is 10.7 Å². The van der Waals surface area contributed by atoms with Crippen molar-refractivity contribution < 1.29 is 17.6 Å². The largest absolute Gasteiger partial charge is 0.455 e. The summed E-state index contributed by atoms with van der Waals surface area (Å²) in [5.74, 6) is -0.174. The number of sulfonamides is 1. The fourth-order valence-corrected chi connectivity index (χ4v) is 6.95. The molecular formula is C21H26N2O4S2. The van der Waals surface area contributed by atoms with Gasteiger partial charge < -0.3 is 9.73 Å². The predicted octanol–water partition coefficient (Wildman–Crippen LogP) is 4.66. The highest BCUT2D eigenvalue weighted by Gasteiger charge is 2.32. The SMILES string of the molecule is Cc1oc(C(=O)Nc2ccccc2SC2CCCC2)cc1S(=O)(=O)N1CCCC1. The van der Waals surface area contributed by atoms with Crippen LogP contribution in [0.15, 0.2) is 44.5 Å². The number of hydrogen-bond acceptors (Lipinski definition) is 5. The van der Waals surface area contributed by atoms with E-state index in [0.717, 1.165) is 23.4 Å². The molecule has 2 fully saturated rings. The number of aryl methyl sites for hydroxylation is 1. The van der Waals surface area contributed by atoms with E-state index in [1.807, 2.05) is 24.3 Å². The zero-order chi connectivity index (χ0) is 20.4. The third kappa shape index (κ3) is 4.39. The van der Waals surface area contributed by atoms with Gasteiger partial charge in [-0.05, 0) is 44.7 Å². The van der Waals surface area contributed by atoms with Crippen molar-refractivity contribution in [2.24, 2.45) is 0 Å². The highest BCUT2D eigenvalue weighted by Crippen LogP contribution is 2.38. The third-order valence-electron chi connectivity index (χ3n) is 5.51. The Balaban J connectivity index is 1.53. The van der Waals surface area contributed by atoms with E-state index in [9.17, 15) is 13.2 Å². The molecule has 8 heteroatoms. The monoisotopic (exact) mass is 434 g/mol. The summed E-state index contributed by atoms with van der Waals surface area (Å²) in [5, 5.41) is 3.48. The summed E-state index contributed by atoms with van der Waals surface area (Å²) in [7, 11) is -3.62. The van der Waals surface area contributed by atoms with E-state index in [1.165, 1.54) is 36.1 Å². The van der Waals surface area contributed by atoms with E-state index in [2.05, 4.69) is 5.32 Å². The lowest BCUT2D eigenvalue weighted by Crippen LogP contribution is -2.28. The van der Waals surface area contributed by atoms with Crippen molar-refractivity contribution in [1.29, 1.82) is 0 Å². The van der Waals surface area contributed by atoms with Gasteiger partial charge in [0.15, 0.2) is 5.76 Å². The van der Waals surface area contributed by atoms with E-state index in [4.69, 9.17) is 4.42 Å². The summed E-state index contributed by atoms with van der Waals surface area (Å²) in [5.41, 5.74) is 0.729. The van der Waals surface area contributed by atoms with Crippen molar-refractivity contribution in [1.82, 2.24) is 4.31 Å². The first-order chi connectivity index (χ1) is 13.9. The molecule has 2 heterocycles. The number of hydrogen-bond donors (Lipinski definition) is 1. The normalized spacial score (nSPS) is 18.4. The van der Waals surface area contributed by atoms with E-state index < -0.39 is 15.9 Å². The van der Waals surface area contributed by atoms with Gasteiger partial charge in [0.2, 0.25) is 10.0 Å². The highest BCUT2D eigenvalue weighted by molar-refractivity contribution is 8.00. The van der Waals surface area contributed by atoms with Crippen molar-refractivity contribution in [3.05, 3.63) is 41.9 Å². The minimum absolute atomic E-state index is 0.0148. The maximum atomic E-state index is 12.8. The van der Waals surface area contributed by atoms with Crippen LogP contribution in [0.2, 0.25) is 0 Å². The number of nitrogens with one attached hydrogen (secondary N) is 1. The molecule has 1 aliphatic carbocycles. The number of carbonyl (C=O) groups excluding carboxylic acids is 1. The fourth-order valence-electron chi connectivity index (χ4n) is 3.94. The van der Waals surface area contributed by atoms with Crippen molar-refractivity contribution in [3.63, 3.8) is 0 Å². The molecule has 156 valence electrons. The molecule has 0 unspecified atom stereocenters. The smallest absolute Gasteiger partial charge is 0.291 e. The molecule has 1 N–H and O–H groups in total. The maximum absolute atomic E-state index is 12.8. The lowest BCUT2D eigenvalue weighted by Gasteiger charge is -2.14. The second kappa shape index (κ2) is 8.53. The molecule has 29 heavy (non-hydrogen) atoms.